The lowest BCUT2D eigenvalue weighted by molar-refractivity contribution is 0.308. The fourth-order valence-corrected chi connectivity index (χ4v) is 4.80. The molecule has 1 saturated carbocycles. The average molecular weight is 417 g/mol. The lowest BCUT2D eigenvalue weighted by Gasteiger charge is -2.28. The summed E-state index contributed by atoms with van der Waals surface area (Å²) in [6, 6.07) is 11.4. The predicted octanol–water partition coefficient (Wildman–Crippen LogP) is 8.65. The summed E-state index contributed by atoms with van der Waals surface area (Å²) in [7, 11) is 0. The van der Waals surface area contributed by atoms with Crippen molar-refractivity contribution in [3.05, 3.63) is 70.5 Å². The average Bonchev–Trinajstić information content (AvgIpc) is 2.72. The Labute approximate surface area is 174 Å². The van der Waals surface area contributed by atoms with Crippen molar-refractivity contribution in [2.24, 2.45) is 5.92 Å². The zero-order chi connectivity index (χ0) is 20.5. The van der Waals surface area contributed by atoms with E-state index in [0.29, 0.717) is 11.3 Å². The number of benzene rings is 3. The highest BCUT2D eigenvalue weighted by Gasteiger charge is 2.22. The quantitative estimate of drug-likeness (QED) is 0.373. The molecule has 0 heterocycles. The summed E-state index contributed by atoms with van der Waals surface area (Å²) in [5.41, 5.74) is 1.56. The van der Waals surface area contributed by atoms with Gasteiger partial charge < -0.3 is 0 Å². The van der Waals surface area contributed by atoms with Crippen molar-refractivity contribution in [2.75, 3.05) is 0 Å². The van der Waals surface area contributed by atoms with E-state index in [1.165, 1.54) is 44.1 Å². The molecule has 0 unspecified atom stereocenters. The van der Waals surface area contributed by atoms with Crippen molar-refractivity contribution >= 4 is 22.4 Å². The van der Waals surface area contributed by atoms with Gasteiger partial charge in [0.25, 0.3) is 0 Å². The van der Waals surface area contributed by atoms with Gasteiger partial charge in [-0.1, -0.05) is 61.7 Å². The Hall–Kier alpha value is -2.00. The van der Waals surface area contributed by atoms with Crippen LogP contribution >= 0.6 is 11.6 Å². The second-order valence-corrected chi connectivity index (χ2v) is 8.55. The van der Waals surface area contributed by atoms with Gasteiger partial charge >= 0.3 is 0 Å². The summed E-state index contributed by atoms with van der Waals surface area (Å²) in [6.45, 7) is 2.24. The maximum absolute atomic E-state index is 15.2. The van der Waals surface area contributed by atoms with Gasteiger partial charge in [-0.15, -0.1) is 0 Å². The van der Waals surface area contributed by atoms with E-state index in [2.05, 4.69) is 13.0 Å². The molecule has 4 rings (SSSR count). The summed E-state index contributed by atoms with van der Waals surface area (Å²) in [5, 5.41) is 0.698. The molecular formula is C25H24ClF3. The summed E-state index contributed by atoms with van der Waals surface area (Å²) in [4.78, 5) is 0. The van der Waals surface area contributed by atoms with E-state index in [4.69, 9.17) is 11.6 Å². The summed E-state index contributed by atoms with van der Waals surface area (Å²) >= 11 is 5.55. The topological polar surface area (TPSA) is 0 Å². The number of hydrogen-bond donors (Lipinski definition) is 0. The molecule has 0 saturated heterocycles. The summed E-state index contributed by atoms with van der Waals surface area (Å²) < 4.78 is 42.8. The predicted molar refractivity (Wildman–Crippen MR) is 114 cm³/mol. The molecule has 3 aromatic rings. The van der Waals surface area contributed by atoms with E-state index in [0.717, 1.165) is 23.4 Å². The van der Waals surface area contributed by atoms with Crippen molar-refractivity contribution in [3.8, 4) is 11.1 Å². The molecule has 1 aliphatic rings. The molecule has 4 heteroatoms. The van der Waals surface area contributed by atoms with E-state index >= 15 is 4.39 Å². The van der Waals surface area contributed by atoms with Crippen LogP contribution in [0.5, 0.6) is 0 Å². The van der Waals surface area contributed by atoms with Gasteiger partial charge in [0.1, 0.15) is 22.5 Å². The van der Waals surface area contributed by atoms with Crippen molar-refractivity contribution in [1.82, 2.24) is 0 Å². The van der Waals surface area contributed by atoms with Crippen LogP contribution in [0.15, 0.2) is 42.5 Å². The lowest BCUT2D eigenvalue weighted by Crippen LogP contribution is -2.13. The third-order valence-corrected chi connectivity index (χ3v) is 6.65. The molecule has 0 aromatic heterocycles. The van der Waals surface area contributed by atoms with Crippen LogP contribution < -0.4 is 0 Å². The fraction of sp³-hybridized carbons (Fsp3) is 0.360. The molecule has 0 radical (unpaired) electrons. The molecule has 0 atom stereocenters. The SMILES string of the molecule is CCC[C@H]1CC[C@H](c2ccc3c(F)c(-c4cc(F)c(Cl)c(F)c4)ccc3c2)CC1. The molecular weight excluding hydrogens is 393 g/mol. The van der Waals surface area contributed by atoms with Crippen LogP contribution in [0, 0.1) is 23.4 Å². The number of halogens is 4. The largest absolute Gasteiger partial charge is 0.206 e. The molecule has 0 spiro atoms. The fourth-order valence-electron chi connectivity index (χ4n) is 4.69. The highest BCUT2D eigenvalue weighted by molar-refractivity contribution is 6.31. The lowest BCUT2D eigenvalue weighted by atomic mass is 9.77. The third-order valence-electron chi connectivity index (χ3n) is 6.29. The third kappa shape index (κ3) is 4.02. The van der Waals surface area contributed by atoms with Gasteiger partial charge in [0.15, 0.2) is 0 Å². The normalized spacial score (nSPS) is 19.6. The monoisotopic (exact) mass is 416 g/mol. The van der Waals surface area contributed by atoms with Crippen LogP contribution in [0.25, 0.3) is 21.9 Å². The second-order valence-electron chi connectivity index (χ2n) is 8.17. The van der Waals surface area contributed by atoms with Crippen LogP contribution in [0.4, 0.5) is 13.2 Å². The van der Waals surface area contributed by atoms with Gasteiger partial charge in [-0.25, -0.2) is 13.2 Å². The second kappa shape index (κ2) is 8.39. The van der Waals surface area contributed by atoms with E-state index < -0.39 is 22.5 Å². The van der Waals surface area contributed by atoms with E-state index in [-0.39, 0.29) is 11.1 Å². The van der Waals surface area contributed by atoms with Gasteiger partial charge in [-0.05, 0) is 66.2 Å². The number of hydrogen-bond acceptors (Lipinski definition) is 0. The summed E-state index contributed by atoms with van der Waals surface area (Å²) in [6.07, 6.45) is 7.44. The van der Waals surface area contributed by atoms with Gasteiger partial charge in [0, 0.05) is 10.9 Å². The first-order chi connectivity index (χ1) is 14.0. The molecule has 0 bridgehead atoms. The minimum Gasteiger partial charge on any atom is -0.206 e. The molecule has 1 fully saturated rings. The minimum absolute atomic E-state index is 0.141. The molecule has 0 N–H and O–H groups in total. The zero-order valence-electron chi connectivity index (χ0n) is 16.5. The first-order valence-corrected chi connectivity index (χ1v) is 10.7. The van der Waals surface area contributed by atoms with Gasteiger partial charge in [0.2, 0.25) is 0 Å². The molecule has 3 aromatic carbocycles. The standard InChI is InChI=1S/C25H24ClF3/c1-2-3-15-4-6-16(7-5-15)17-8-10-20-18(12-17)9-11-21(25(20)29)19-13-22(27)24(26)23(28)14-19/h8-16H,2-7H2,1H3/t15-,16-. The van der Waals surface area contributed by atoms with Crippen LogP contribution in [0.1, 0.15) is 56.9 Å². The van der Waals surface area contributed by atoms with Gasteiger partial charge in [-0.2, -0.15) is 0 Å². The maximum atomic E-state index is 15.2. The Morgan fingerprint density at radius 3 is 2.24 bits per heavy atom. The molecule has 0 amide bonds. The van der Waals surface area contributed by atoms with Crippen LogP contribution in [0.3, 0.4) is 0 Å². The summed E-state index contributed by atoms with van der Waals surface area (Å²) in [5.74, 6) is -0.890. The van der Waals surface area contributed by atoms with Crippen molar-refractivity contribution in [3.63, 3.8) is 0 Å². The molecule has 0 aliphatic heterocycles. The Bertz CT molecular complexity index is 1010. The van der Waals surface area contributed by atoms with Crippen LogP contribution in [-0.4, -0.2) is 0 Å². The van der Waals surface area contributed by atoms with Crippen molar-refractivity contribution in [1.29, 1.82) is 0 Å². The Morgan fingerprint density at radius 2 is 1.59 bits per heavy atom. The Balaban J connectivity index is 1.64. The molecule has 152 valence electrons. The van der Waals surface area contributed by atoms with Gasteiger partial charge in [-0.3, -0.25) is 0 Å². The van der Waals surface area contributed by atoms with E-state index in [9.17, 15) is 8.78 Å². The number of rotatable bonds is 4. The maximum Gasteiger partial charge on any atom is 0.145 e. The zero-order valence-corrected chi connectivity index (χ0v) is 17.2. The first-order valence-electron chi connectivity index (χ1n) is 10.3. The smallest absolute Gasteiger partial charge is 0.145 e. The Morgan fingerprint density at radius 1 is 0.897 bits per heavy atom. The Kier molecular flexibility index (Phi) is 5.87. The van der Waals surface area contributed by atoms with E-state index in [1.54, 1.807) is 12.1 Å². The van der Waals surface area contributed by atoms with Crippen molar-refractivity contribution in [2.45, 2.75) is 51.4 Å². The highest BCUT2D eigenvalue weighted by atomic mass is 35.5. The first kappa shape index (κ1) is 20.3. The van der Waals surface area contributed by atoms with Crippen molar-refractivity contribution < 1.29 is 13.2 Å². The van der Waals surface area contributed by atoms with Gasteiger partial charge in [0.05, 0.1) is 0 Å². The van der Waals surface area contributed by atoms with Crippen LogP contribution in [-0.2, 0) is 0 Å². The number of fused-ring (bicyclic) bond motifs is 1. The van der Waals surface area contributed by atoms with E-state index in [1.807, 2.05) is 12.1 Å². The molecule has 29 heavy (non-hydrogen) atoms. The van der Waals surface area contributed by atoms with Crippen LogP contribution in [0.2, 0.25) is 5.02 Å². The molecule has 0 nitrogen and oxygen atoms in total. The minimum atomic E-state index is -0.893. The highest BCUT2D eigenvalue weighted by Crippen LogP contribution is 2.39. The molecule has 1 aliphatic carbocycles.